The van der Waals surface area contributed by atoms with Crippen LogP contribution in [-0.2, 0) is 6.54 Å². The second-order valence-corrected chi connectivity index (χ2v) is 6.63. The Kier molecular flexibility index (Phi) is 6.90. The second-order valence-electron chi connectivity index (χ2n) is 5.37. The zero-order chi connectivity index (χ0) is 17.7. The summed E-state index contributed by atoms with van der Waals surface area (Å²) in [5.74, 6) is 1.42. The van der Waals surface area contributed by atoms with Crippen molar-refractivity contribution in [1.29, 1.82) is 0 Å². The summed E-state index contributed by atoms with van der Waals surface area (Å²) >= 11 is 9.95. The number of nitrogens with zero attached hydrogens (tertiary/aromatic N) is 1. The highest BCUT2D eigenvalue weighted by molar-refractivity contribution is 9.10. The molecule has 1 heterocycles. The molecule has 0 unspecified atom stereocenters. The molecule has 6 heteroatoms. The van der Waals surface area contributed by atoms with E-state index in [2.05, 4.69) is 34.8 Å². The third-order valence-electron chi connectivity index (χ3n) is 3.84. The maximum Gasteiger partial charge on any atom is 0.143 e. The highest BCUT2D eigenvalue weighted by Gasteiger charge is 2.17. The molecule has 1 aromatic carbocycles. The number of ether oxygens (including phenoxy) is 2. The standard InChI is InChI=1S/C18H22BrClN2O2/c1-4-11(5-2)24-17-9-14(19)18(22-16(17)10-21)13-7-6-12(23-3)8-15(13)20/h6-9,11H,4-5,10,21H2,1-3H3. The van der Waals surface area contributed by atoms with Gasteiger partial charge >= 0.3 is 0 Å². The van der Waals surface area contributed by atoms with Gasteiger partial charge in [-0.05, 0) is 53.0 Å². The van der Waals surface area contributed by atoms with Gasteiger partial charge in [0.05, 0.1) is 29.6 Å². The Bertz CT molecular complexity index is 706. The lowest BCUT2D eigenvalue weighted by Gasteiger charge is -2.19. The molecule has 0 aliphatic heterocycles. The van der Waals surface area contributed by atoms with Gasteiger partial charge < -0.3 is 15.2 Å². The Labute approximate surface area is 156 Å². The molecular formula is C18H22BrClN2O2. The third-order valence-corrected chi connectivity index (χ3v) is 4.76. The average Bonchev–Trinajstić information content (AvgIpc) is 2.60. The summed E-state index contributed by atoms with van der Waals surface area (Å²) in [6.07, 6.45) is 2.02. The van der Waals surface area contributed by atoms with Gasteiger partial charge in [-0.25, -0.2) is 4.98 Å². The summed E-state index contributed by atoms with van der Waals surface area (Å²) in [6, 6.07) is 7.42. The van der Waals surface area contributed by atoms with Crippen LogP contribution in [0.2, 0.25) is 5.02 Å². The minimum absolute atomic E-state index is 0.152. The summed E-state index contributed by atoms with van der Waals surface area (Å²) in [4.78, 5) is 4.68. The topological polar surface area (TPSA) is 57.4 Å². The van der Waals surface area contributed by atoms with E-state index in [1.807, 2.05) is 18.2 Å². The molecule has 130 valence electrons. The Morgan fingerprint density at radius 1 is 1.25 bits per heavy atom. The first kappa shape index (κ1) is 19.0. The van der Waals surface area contributed by atoms with E-state index < -0.39 is 0 Å². The van der Waals surface area contributed by atoms with Crippen LogP contribution in [0.3, 0.4) is 0 Å². The van der Waals surface area contributed by atoms with Crippen LogP contribution in [0.1, 0.15) is 32.4 Å². The number of methoxy groups -OCH3 is 1. The molecular weight excluding hydrogens is 392 g/mol. The lowest BCUT2D eigenvalue weighted by molar-refractivity contribution is 0.190. The van der Waals surface area contributed by atoms with Crippen LogP contribution >= 0.6 is 27.5 Å². The smallest absolute Gasteiger partial charge is 0.143 e. The first-order valence-corrected chi connectivity index (χ1v) is 9.11. The zero-order valence-electron chi connectivity index (χ0n) is 14.1. The number of aromatic nitrogens is 1. The number of hydrogen-bond acceptors (Lipinski definition) is 4. The van der Waals surface area contributed by atoms with Crippen LogP contribution in [0, 0.1) is 0 Å². The molecule has 0 saturated carbocycles. The van der Waals surface area contributed by atoms with E-state index in [1.165, 1.54) is 0 Å². The number of nitrogens with two attached hydrogens (primary N) is 1. The van der Waals surface area contributed by atoms with Crippen molar-refractivity contribution in [2.45, 2.75) is 39.3 Å². The first-order valence-electron chi connectivity index (χ1n) is 7.94. The molecule has 0 bridgehead atoms. The highest BCUT2D eigenvalue weighted by Crippen LogP contribution is 2.37. The molecule has 0 amide bonds. The summed E-state index contributed by atoms with van der Waals surface area (Å²) < 4.78 is 12.1. The van der Waals surface area contributed by atoms with Gasteiger partial charge in [0.1, 0.15) is 11.5 Å². The average molecular weight is 414 g/mol. The highest BCUT2D eigenvalue weighted by atomic mass is 79.9. The van der Waals surface area contributed by atoms with Gasteiger partial charge in [0.15, 0.2) is 0 Å². The quantitative estimate of drug-likeness (QED) is 0.678. The predicted molar refractivity (Wildman–Crippen MR) is 102 cm³/mol. The van der Waals surface area contributed by atoms with Gasteiger partial charge in [-0.2, -0.15) is 0 Å². The van der Waals surface area contributed by atoms with Crippen LogP contribution in [0.4, 0.5) is 0 Å². The molecule has 4 nitrogen and oxygen atoms in total. The SMILES string of the molecule is CCC(CC)Oc1cc(Br)c(-c2ccc(OC)cc2Cl)nc1CN. The van der Waals surface area contributed by atoms with Crippen LogP contribution in [0.15, 0.2) is 28.7 Å². The third kappa shape index (κ3) is 4.21. The molecule has 0 atom stereocenters. The van der Waals surface area contributed by atoms with Crippen molar-refractivity contribution < 1.29 is 9.47 Å². The molecule has 24 heavy (non-hydrogen) atoms. The van der Waals surface area contributed by atoms with E-state index in [0.29, 0.717) is 28.8 Å². The van der Waals surface area contributed by atoms with E-state index in [-0.39, 0.29) is 6.10 Å². The van der Waals surface area contributed by atoms with Crippen molar-refractivity contribution in [3.63, 3.8) is 0 Å². The fraction of sp³-hybridized carbons (Fsp3) is 0.389. The molecule has 1 aromatic heterocycles. The van der Waals surface area contributed by atoms with Gasteiger partial charge in [-0.3, -0.25) is 0 Å². The largest absolute Gasteiger partial charge is 0.497 e. The summed E-state index contributed by atoms with van der Waals surface area (Å²) in [5.41, 5.74) is 8.14. The van der Waals surface area contributed by atoms with Gasteiger partial charge in [0.25, 0.3) is 0 Å². The van der Waals surface area contributed by atoms with Crippen LogP contribution < -0.4 is 15.2 Å². The van der Waals surface area contributed by atoms with Crippen molar-refractivity contribution in [3.05, 3.63) is 39.5 Å². The van der Waals surface area contributed by atoms with Gasteiger partial charge in [0, 0.05) is 16.6 Å². The van der Waals surface area contributed by atoms with Crippen LogP contribution in [0.5, 0.6) is 11.5 Å². The number of pyridine rings is 1. The van der Waals surface area contributed by atoms with Crippen molar-refractivity contribution in [2.75, 3.05) is 7.11 Å². The fourth-order valence-corrected chi connectivity index (χ4v) is 3.17. The fourth-order valence-electron chi connectivity index (χ4n) is 2.40. The maximum atomic E-state index is 6.38. The molecule has 0 radical (unpaired) electrons. The van der Waals surface area contributed by atoms with Gasteiger partial charge in [0.2, 0.25) is 0 Å². The lowest BCUT2D eigenvalue weighted by Crippen LogP contribution is -2.16. The summed E-state index contributed by atoms with van der Waals surface area (Å²) in [5, 5.41) is 0.569. The van der Waals surface area contributed by atoms with Crippen molar-refractivity contribution in [1.82, 2.24) is 4.98 Å². The monoisotopic (exact) mass is 412 g/mol. The molecule has 0 aliphatic carbocycles. The van der Waals surface area contributed by atoms with Crippen molar-refractivity contribution >= 4 is 27.5 Å². The summed E-state index contributed by atoms with van der Waals surface area (Å²) in [6.45, 7) is 4.50. The van der Waals surface area contributed by atoms with E-state index in [0.717, 1.165) is 28.6 Å². The molecule has 2 aromatic rings. The van der Waals surface area contributed by atoms with E-state index in [9.17, 15) is 0 Å². The molecule has 0 aliphatic rings. The normalized spacial score (nSPS) is 11.0. The number of rotatable bonds is 7. The molecule has 0 saturated heterocycles. The minimum Gasteiger partial charge on any atom is -0.497 e. The van der Waals surface area contributed by atoms with Gasteiger partial charge in [-0.1, -0.05) is 25.4 Å². The second kappa shape index (κ2) is 8.70. The molecule has 2 rings (SSSR count). The number of halogens is 2. The predicted octanol–water partition coefficient (Wildman–Crippen LogP) is 5.20. The Hall–Kier alpha value is -1.30. The number of benzene rings is 1. The molecule has 2 N–H and O–H groups in total. The molecule has 0 fully saturated rings. The minimum atomic E-state index is 0.152. The van der Waals surface area contributed by atoms with Crippen LogP contribution in [0.25, 0.3) is 11.3 Å². The van der Waals surface area contributed by atoms with E-state index in [1.54, 1.807) is 13.2 Å². The first-order chi connectivity index (χ1) is 11.5. The molecule has 0 spiro atoms. The van der Waals surface area contributed by atoms with Crippen molar-refractivity contribution in [2.24, 2.45) is 5.73 Å². The number of hydrogen-bond donors (Lipinski definition) is 1. The van der Waals surface area contributed by atoms with Crippen molar-refractivity contribution in [3.8, 4) is 22.8 Å². The summed E-state index contributed by atoms with van der Waals surface area (Å²) in [7, 11) is 1.61. The zero-order valence-corrected chi connectivity index (χ0v) is 16.4. The Morgan fingerprint density at radius 2 is 1.96 bits per heavy atom. The van der Waals surface area contributed by atoms with E-state index >= 15 is 0 Å². The van der Waals surface area contributed by atoms with Crippen LogP contribution in [-0.4, -0.2) is 18.2 Å². The Morgan fingerprint density at radius 3 is 2.50 bits per heavy atom. The van der Waals surface area contributed by atoms with E-state index in [4.69, 9.17) is 26.8 Å². The maximum absolute atomic E-state index is 6.38. The lowest BCUT2D eigenvalue weighted by atomic mass is 10.1. The van der Waals surface area contributed by atoms with Gasteiger partial charge in [-0.15, -0.1) is 0 Å². The Balaban J connectivity index is 2.46.